The first-order valence-electron chi connectivity index (χ1n) is 12.0. The lowest BCUT2D eigenvalue weighted by Crippen LogP contribution is -2.13. The van der Waals surface area contributed by atoms with Gasteiger partial charge in [-0.15, -0.1) is 0 Å². The summed E-state index contributed by atoms with van der Waals surface area (Å²) in [5.41, 5.74) is 5.12. The monoisotopic (exact) mass is 512 g/mol. The molecule has 0 amide bonds. The Bertz CT molecular complexity index is 1730. The Balaban J connectivity index is 1.43. The number of ether oxygens (including phenoxy) is 1. The molecule has 5 aromatic rings. The van der Waals surface area contributed by atoms with Crippen molar-refractivity contribution in [3.63, 3.8) is 0 Å². The molecule has 5 nitrogen and oxygen atoms in total. The van der Waals surface area contributed by atoms with Gasteiger partial charge in [0.1, 0.15) is 17.7 Å². The second-order valence-electron chi connectivity index (χ2n) is 9.45. The van der Waals surface area contributed by atoms with Crippen LogP contribution in [-0.2, 0) is 17.1 Å². The fourth-order valence-corrected chi connectivity index (χ4v) is 6.18. The Labute approximate surface area is 215 Å². The molecule has 0 saturated carbocycles. The van der Waals surface area contributed by atoms with Crippen LogP contribution >= 0.6 is 0 Å². The second-order valence-corrected chi connectivity index (χ2v) is 11.1. The standard InChI is InChI=1S/C30H25FN2O3S/c1-19-8-12-23(13-9-19)37(34,35)32-22-11-15-28-25(17-22)29(20-6-4-3-5-7-20)30(36-28)26-18-33(2)27-16-21(31)10-14-24(26)27/h3-18,29-30,32H,1-2H3/t29-,30+/m0/s1. The molecule has 0 aliphatic carbocycles. The van der Waals surface area contributed by atoms with Crippen LogP contribution < -0.4 is 9.46 Å². The summed E-state index contributed by atoms with van der Waals surface area (Å²) in [6.07, 6.45) is 1.62. The molecule has 0 unspecified atom stereocenters. The maximum Gasteiger partial charge on any atom is 0.261 e. The third kappa shape index (κ3) is 4.15. The Morgan fingerprint density at radius 1 is 0.892 bits per heavy atom. The molecule has 0 radical (unpaired) electrons. The Hall–Kier alpha value is -4.10. The summed E-state index contributed by atoms with van der Waals surface area (Å²) < 4.78 is 51.2. The number of nitrogens with one attached hydrogen (secondary N) is 1. The van der Waals surface area contributed by atoms with Crippen LogP contribution in [0.4, 0.5) is 10.1 Å². The van der Waals surface area contributed by atoms with Gasteiger partial charge >= 0.3 is 0 Å². The van der Waals surface area contributed by atoms with E-state index in [2.05, 4.69) is 4.72 Å². The largest absolute Gasteiger partial charge is 0.484 e. The number of anilines is 1. The topological polar surface area (TPSA) is 60.3 Å². The molecule has 37 heavy (non-hydrogen) atoms. The predicted octanol–water partition coefficient (Wildman–Crippen LogP) is 6.69. The molecular formula is C30H25FN2O3S. The van der Waals surface area contributed by atoms with Crippen molar-refractivity contribution in [2.45, 2.75) is 23.8 Å². The molecule has 4 aromatic carbocycles. The van der Waals surface area contributed by atoms with E-state index in [1.54, 1.807) is 36.4 Å². The summed E-state index contributed by atoms with van der Waals surface area (Å²) in [5, 5.41) is 0.919. The van der Waals surface area contributed by atoms with E-state index in [1.165, 1.54) is 12.1 Å². The minimum atomic E-state index is -3.75. The van der Waals surface area contributed by atoms with E-state index in [4.69, 9.17) is 4.74 Å². The van der Waals surface area contributed by atoms with E-state index in [0.717, 1.165) is 33.2 Å². The lowest BCUT2D eigenvalue weighted by atomic mass is 9.85. The first kappa shape index (κ1) is 23.3. The van der Waals surface area contributed by atoms with Gasteiger partial charge in [0.2, 0.25) is 0 Å². The van der Waals surface area contributed by atoms with E-state index in [9.17, 15) is 12.8 Å². The third-order valence-corrected chi connectivity index (χ3v) is 8.33. The van der Waals surface area contributed by atoms with Gasteiger partial charge in [0, 0.05) is 35.4 Å². The Morgan fingerprint density at radius 2 is 1.65 bits per heavy atom. The lowest BCUT2D eigenvalue weighted by molar-refractivity contribution is 0.224. The molecule has 0 bridgehead atoms. The van der Waals surface area contributed by atoms with E-state index < -0.39 is 10.0 Å². The minimum absolute atomic E-state index is 0.185. The van der Waals surface area contributed by atoms with Gasteiger partial charge in [0.15, 0.2) is 0 Å². The molecule has 1 N–H and O–H groups in total. The van der Waals surface area contributed by atoms with E-state index in [1.807, 2.05) is 67.2 Å². The van der Waals surface area contributed by atoms with Gasteiger partial charge in [0.25, 0.3) is 10.0 Å². The zero-order valence-corrected chi connectivity index (χ0v) is 21.2. The first-order valence-corrected chi connectivity index (χ1v) is 13.5. The van der Waals surface area contributed by atoms with Gasteiger partial charge in [-0.2, -0.15) is 0 Å². The molecule has 2 heterocycles. The van der Waals surface area contributed by atoms with Crippen LogP contribution in [0.25, 0.3) is 10.9 Å². The van der Waals surface area contributed by atoms with Crippen molar-refractivity contribution in [1.82, 2.24) is 4.57 Å². The molecule has 0 saturated heterocycles. The maximum atomic E-state index is 14.0. The van der Waals surface area contributed by atoms with Crippen molar-refractivity contribution in [2.24, 2.45) is 7.05 Å². The van der Waals surface area contributed by atoms with Crippen LogP contribution in [0.15, 0.2) is 102 Å². The molecular weight excluding hydrogens is 487 g/mol. The van der Waals surface area contributed by atoms with Gasteiger partial charge in [-0.1, -0.05) is 48.0 Å². The number of aromatic nitrogens is 1. The van der Waals surface area contributed by atoms with Gasteiger partial charge in [-0.3, -0.25) is 4.72 Å². The predicted molar refractivity (Wildman–Crippen MR) is 143 cm³/mol. The van der Waals surface area contributed by atoms with E-state index in [0.29, 0.717) is 11.4 Å². The van der Waals surface area contributed by atoms with Crippen LogP contribution in [-0.4, -0.2) is 13.0 Å². The maximum absolute atomic E-state index is 14.0. The smallest absolute Gasteiger partial charge is 0.261 e. The molecule has 0 spiro atoms. The minimum Gasteiger partial charge on any atom is -0.484 e. The highest BCUT2D eigenvalue weighted by Gasteiger charge is 2.38. The summed E-state index contributed by atoms with van der Waals surface area (Å²) in [6.45, 7) is 1.91. The molecule has 6 rings (SSSR count). The summed E-state index contributed by atoms with van der Waals surface area (Å²) in [4.78, 5) is 0.204. The van der Waals surface area contributed by atoms with Crippen LogP contribution in [0.3, 0.4) is 0 Å². The average Bonchev–Trinajstić information content (AvgIpc) is 3.41. The molecule has 0 fully saturated rings. The fourth-order valence-electron chi connectivity index (χ4n) is 5.13. The zero-order valence-electron chi connectivity index (χ0n) is 20.4. The summed E-state index contributed by atoms with van der Waals surface area (Å²) in [7, 11) is -1.86. The van der Waals surface area contributed by atoms with E-state index >= 15 is 0 Å². The number of hydrogen-bond acceptors (Lipinski definition) is 3. The van der Waals surface area contributed by atoms with Gasteiger partial charge in [-0.25, -0.2) is 12.8 Å². The number of halogens is 1. The van der Waals surface area contributed by atoms with Crippen LogP contribution in [0, 0.1) is 12.7 Å². The highest BCUT2D eigenvalue weighted by molar-refractivity contribution is 7.92. The van der Waals surface area contributed by atoms with Gasteiger partial charge < -0.3 is 9.30 Å². The van der Waals surface area contributed by atoms with Crippen molar-refractivity contribution >= 4 is 26.6 Å². The SMILES string of the molecule is Cc1ccc(S(=O)(=O)Nc2ccc3c(c2)[C@H](c2ccccc2)[C@@H](c2cn(C)c4cc(F)ccc24)O3)cc1. The van der Waals surface area contributed by atoms with Crippen molar-refractivity contribution in [2.75, 3.05) is 4.72 Å². The Kier molecular flexibility index (Phi) is 5.53. The number of hydrogen-bond donors (Lipinski definition) is 1. The van der Waals surface area contributed by atoms with E-state index in [-0.39, 0.29) is 22.7 Å². The number of rotatable bonds is 5. The zero-order chi connectivity index (χ0) is 25.7. The lowest BCUT2D eigenvalue weighted by Gasteiger charge is -2.20. The number of benzene rings is 4. The summed E-state index contributed by atoms with van der Waals surface area (Å²) >= 11 is 0. The highest BCUT2D eigenvalue weighted by Crippen LogP contribution is 2.51. The molecule has 1 aromatic heterocycles. The van der Waals surface area contributed by atoms with Crippen molar-refractivity contribution in [3.8, 4) is 5.75 Å². The average molecular weight is 513 g/mol. The van der Waals surface area contributed by atoms with Crippen LogP contribution in [0.1, 0.15) is 34.3 Å². The molecule has 2 atom stereocenters. The molecule has 1 aliphatic rings. The highest BCUT2D eigenvalue weighted by atomic mass is 32.2. The van der Waals surface area contributed by atoms with Crippen molar-refractivity contribution < 1.29 is 17.5 Å². The van der Waals surface area contributed by atoms with Crippen LogP contribution in [0.5, 0.6) is 5.75 Å². The van der Waals surface area contributed by atoms with Crippen molar-refractivity contribution in [3.05, 3.63) is 125 Å². The summed E-state index contributed by atoms with van der Waals surface area (Å²) in [6, 6.07) is 26.9. The molecule has 7 heteroatoms. The van der Waals surface area contributed by atoms with Gasteiger partial charge in [-0.05, 0) is 61.0 Å². The molecule has 1 aliphatic heterocycles. The second kappa shape index (κ2) is 8.78. The van der Waals surface area contributed by atoms with Crippen molar-refractivity contribution in [1.29, 1.82) is 0 Å². The fraction of sp³-hybridized carbons (Fsp3) is 0.133. The first-order chi connectivity index (χ1) is 17.8. The number of aryl methyl sites for hydroxylation is 2. The number of fused-ring (bicyclic) bond motifs is 2. The van der Waals surface area contributed by atoms with Gasteiger partial charge in [0.05, 0.1) is 16.3 Å². The third-order valence-electron chi connectivity index (χ3n) is 6.93. The summed E-state index contributed by atoms with van der Waals surface area (Å²) in [5.74, 6) is 0.216. The van der Waals surface area contributed by atoms with Crippen LogP contribution in [0.2, 0.25) is 0 Å². The normalized spacial score (nSPS) is 16.9. The number of nitrogens with zero attached hydrogens (tertiary/aromatic N) is 1. The Morgan fingerprint density at radius 3 is 2.41 bits per heavy atom. The molecule has 186 valence electrons. The quantitative estimate of drug-likeness (QED) is 0.285. The number of sulfonamides is 1.